The minimum absolute atomic E-state index is 0.235. The van der Waals surface area contributed by atoms with E-state index in [-0.39, 0.29) is 12.6 Å². The second-order valence-electron chi connectivity index (χ2n) is 5.04. The summed E-state index contributed by atoms with van der Waals surface area (Å²) < 4.78 is 5.37. The van der Waals surface area contributed by atoms with Gasteiger partial charge in [0.25, 0.3) is 0 Å². The van der Waals surface area contributed by atoms with Crippen molar-refractivity contribution >= 4 is 0 Å². The molecule has 1 rings (SSSR count). The van der Waals surface area contributed by atoms with E-state index in [4.69, 9.17) is 4.74 Å². The standard InChI is InChI=1S/C13H28N2O2/c1-3-14-13(11-16)4-7-15(2)10-12-5-8-17-9-6-12/h12-14,16H,3-11H2,1-2H3. The smallest absolute Gasteiger partial charge is 0.0585 e. The predicted octanol–water partition coefficient (Wildman–Crippen LogP) is 0.705. The summed E-state index contributed by atoms with van der Waals surface area (Å²) in [5, 5.41) is 12.5. The summed E-state index contributed by atoms with van der Waals surface area (Å²) in [6.45, 7) is 7.30. The van der Waals surface area contributed by atoms with Gasteiger partial charge < -0.3 is 20.1 Å². The number of ether oxygens (including phenoxy) is 1. The first-order valence-corrected chi connectivity index (χ1v) is 6.86. The zero-order valence-electron chi connectivity index (χ0n) is 11.3. The first kappa shape index (κ1) is 14.9. The number of aliphatic hydroxyl groups is 1. The van der Waals surface area contributed by atoms with Gasteiger partial charge in [0.1, 0.15) is 0 Å². The van der Waals surface area contributed by atoms with E-state index in [1.165, 1.54) is 12.8 Å². The van der Waals surface area contributed by atoms with Crippen molar-refractivity contribution in [1.82, 2.24) is 10.2 Å². The van der Waals surface area contributed by atoms with Gasteiger partial charge in [-0.15, -0.1) is 0 Å². The molecule has 2 N–H and O–H groups in total. The quantitative estimate of drug-likeness (QED) is 0.660. The van der Waals surface area contributed by atoms with Crippen LogP contribution in [-0.4, -0.2) is 62.6 Å². The molecule has 0 bridgehead atoms. The third kappa shape index (κ3) is 6.36. The third-order valence-corrected chi connectivity index (χ3v) is 3.48. The molecular formula is C13H28N2O2. The lowest BCUT2D eigenvalue weighted by atomic mass is 10.00. The maximum atomic E-state index is 9.19. The highest BCUT2D eigenvalue weighted by Gasteiger charge is 2.16. The molecule has 17 heavy (non-hydrogen) atoms. The summed E-state index contributed by atoms with van der Waals surface area (Å²) in [7, 11) is 2.18. The Morgan fingerprint density at radius 3 is 2.71 bits per heavy atom. The van der Waals surface area contributed by atoms with Crippen LogP contribution in [0.1, 0.15) is 26.2 Å². The molecule has 0 radical (unpaired) electrons. The first-order chi connectivity index (χ1) is 8.26. The number of nitrogens with zero attached hydrogens (tertiary/aromatic N) is 1. The summed E-state index contributed by atoms with van der Waals surface area (Å²) in [5.74, 6) is 0.792. The zero-order chi connectivity index (χ0) is 12.5. The molecule has 1 heterocycles. The fraction of sp³-hybridized carbons (Fsp3) is 1.00. The molecule has 0 aromatic heterocycles. The second-order valence-corrected chi connectivity index (χ2v) is 5.04. The van der Waals surface area contributed by atoms with E-state index in [0.29, 0.717) is 0 Å². The first-order valence-electron chi connectivity index (χ1n) is 6.86. The predicted molar refractivity (Wildman–Crippen MR) is 70.2 cm³/mol. The second kappa shape index (κ2) is 8.86. The van der Waals surface area contributed by atoms with Crippen LogP contribution in [0.15, 0.2) is 0 Å². The normalized spacial score (nSPS) is 19.8. The Hall–Kier alpha value is -0.160. The van der Waals surface area contributed by atoms with Gasteiger partial charge in [0.2, 0.25) is 0 Å². The lowest BCUT2D eigenvalue weighted by Gasteiger charge is -2.28. The molecule has 1 atom stereocenters. The van der Waals surface area contributed by atoms with Gasteiger partial charge in [0.05, 0.1) is 6.61 Å². The van der Waals surface area contributed by atoms with Gasteiger partial charge >= 0.3 is 0 Å². The number of hydrogen-bond donors (Lipinski definition) is 2. The highest BCUT2D eigenvalue weighted by molar-refractivity contribution is 4.70. The topological polar surface area (TPSA) is 44.7 Å². The molecular weight excluding hydrogens is 216 g/mol. The molecule has 1 unspecified atom stereocenters. The Morgan fingerprint density at radius 2 is 2.12 bits per heavy atom. The maximum Gasteiger partial charge on any atom is 0.0585 e. The van der Waals surface area contributed by atoms with Gasteiger partial charge in [-0.2, -0.15) is 0 Å². The molecule has 0 aromatic rings. The molecule has 0 saturated carbocycles. The third-order valence-electron chi connectivity index (χ3n) is 3.48. The molecule has 1 aliphatic rings. The number of hydrogen-bond acceptors (Lipinski definition) is 4. The van der Waals surface area contributed by atoms with E-state index in [1.54, 1.807) is 0 Å². The van der Waals surface area contributed by atoms with E-state index < -0.39 is 0 Å². The van der Waals surface area contributed by atoms with Gasteiger partial charge in [-0.25, -0.2) is 0 Å². The van der Waals surface area contributed by atoms with Gasteiger partial charge in [0, 0.05) is 25.8 Å². The monoisotopic (exact) mass is 244 g/mol. The fourth-order valence-electron chi connectivity index (χ4n) is 2.38. The van der Waals surface area contributed by atoms with Crippen molar-refractivity contribution in [2.75, 3.05) is 46.5 Å². The lowest BCUT2D eigenvalue weighted by molar-refractivity contribution is 0.0551. The number of rotatable bonds is 8. The molecule has 1 aliphatic heterocycles. The molecule has 0 spiro atoms. The van der Waals surface area contributed by atoms with E-state index >= 15 is 0 Å². The summed E-state index contributed by atoms with van der Waals surface area (Å²) >= 11 is 0. The summed E-state index contributed by atoms with van der Waals surface area (Å²) in [4.78, 5) is 2.38. The van der Waals surface area contributed by atoms with Crippen LogP contribution in [0, 0.1) is 5.92 Å². The number of nitrogens with one attached hydrogen (secondary N) is 1. The van der Waals surface area contributed by atoms with Crippen molar-refractivity contribution in [3.05, 3.63) is 0 Å². The van der Waals surface area contributed by atoms with Crippen molar-refractivity contribution in [3.63, 3.8) is 0 Å². The van der Waals surface area contributed by atoms with Gasteiger partial charge in [-0.05, 0) is 45.3 Å². The summed E-state index contributed by atoms with van der Waals surface area (Å²) in [6, 6.07) is 0.247. The Kier molecular flexibility index (Phi) is 7.77. The van der Waals surface area contributed by atoms with Crippen LogP contribution in [0.4, 0.5) is 0 Å². The molecule has 4 heteroatoms. The molecule has 102 valence electrons. The zero-order valence-corrected chi connectivity index (χ0v) is 11.3. The molecule has 1 fully saturated rings. The largest absolute Gasteiger partial charge is 0.395 e. The Labute approximate surface area is 105 Å². The van der Waals surface area contributed by atoms with Crippen LogP contribution in [-0.2, 0) is 4.74 Å². The van der Waals surface area contributed by atoms with E-state index in [0.717, 1.165) is 45.2 Å². The minimum Gasteiger partial charge on any atom is -0.395 e. The molecule has 4 nitrogen and oxygen atoms in total. The van der Waals surface area contributed by atoms with Crippen LogP contribution in [0.25, 0.3) is 0 Å². The van der Waals surface area contributed by atoms with Crippen molar-refractivity contribution < 1.29 is 9.84 Å². The molecule has 0 aromatic carbocycles. The van der Waals surface area contributed by atoms with Crippen molar-refractivity contribution in [2.24, 2.45) is 5.92 Å². The SMILES string of the molecule is CCNC(CO)CCN(C)CC1CCOCC1. The summed E-state index contributed by atoms with van der Waals surface area (Å²) in [6.07, 6.45) is 3.41. The Bertz CT molecular complexity index is 184. The Balaban J connectivity index is 2.12. The van der Waals surface area contributed by atoms with Crippen LogP contribution in [0.3, 0.4) is 0 Å². The van der Waals surface area contributed by atoms with Crippen molar-refractivity contribution in [2.45, 2.75) is 32.2 Å². The van der Waals surface area contributed by atoms with Gasteiger partial charge in [-0.3, -0.25) is 0 Å². The fourth-order valence-corrected chi connectivity index (χ4v) is 2.38. The van der Waals surface area contributed by atoms with E-state index in [9.17, 15) is 5.11 Å². The van der Waals surface area contributed by atoms with Crippen LogP contribution < -0.4 is 5.32 Å². The minimum atomic E-state index is 0.235. The Morgan fingerprint density at radius 1 is 1.41 bits per heavy atom. The van der Waals surface area contributed by atoms with Gasteiger partial charge in [-0.1, -0.05) is 6.92 Å². The lowest BCUT2D eigenvalue weighted by Crippen LogP contribution is -2.37. The van der Waals surface area contributed by atoms with Crippen molar-refractivity contribution in [3.8, 4) is 0 Å². The highest BCUT2D eigenvalue weighted by Crippen LogP contribution is 2.15. The van der Waals surface area contributed by atoms with Crippen LogP contribution in [0.5, 0.6) is 0 Å². The van der Waals surface area contributed by atoms with Crippen LogP contribution >= 0.6 is 0 Å². The van der Waals surface area contributed by atoms with Crippen molar-refractivity contribution in [1.29, 1.82) is 0 Å². The highest BCUT2D eigenvalue weighted by atomic mass is 16.5. The molecule has 1 saturated heterocycles. The number of likely N-dealkylation sites (N-methyl/N-ethyl adjacent to an activating group) is 1. The maximum absolute atomic E-state index is 9.19. The van der Waals surface area contributed by atoms with E-state index in [2.05, 4.69) is 24.2 Å². The van der Waals surface area contributed by atoms with Gasteiger partial charge in [0.15, 0.2) is 0 Å². The van der Waals surface area contributed by atoms with Crippen LogP contribution in [0.2, 0.25) is 0 Å². The average Bonchev–Trinajstić information content (AvgIpc) is 2.35. The molecule has 0 aliphatic carbocycles. The number of aliphatic hydroxyl groups excluding tert-OH is 1. The molecule has 0 amide bonds. The summed E-state index contributed by atoms with van der Waals surface area (Å²) in [5.41, 5.74) is 0. The average molecular weight is 244 g/mol. The van der Waals surface area contributed by atoms with E-state index in [1.807, 2.05) is 0 Å².